The summed E-state index contributed by atoms with van der Waals surface area (Å²) in [6.45, 7) is 0. The van der Waals surface area contributed by atoms with Crippen LogP contribution in [0.15, 0.2) is 46.1 Å². The number of phenolic OH excluding ortho intramolecular Hbond substituents is 1. The Labute approximate surface area is 177 Å². The summed E-state index contributed by atoms with van der Waals surface area (Å²) < 4.78 is 23.6. The summed E-state index contributed by atoms with van der Waals surface area (Å²) in [4.78, 5) is 18.7. The maximum atomic E-state index is 14.0. The van der Waals surface area contributed by atoms with Crippen molar-refractivity contribution in [1.29, 1.82) is 0 Å². The van der Waals surface area contributed by atoms with Crippen LogP contribution in [0.2, 0.25) is 0 Å². The standard InChI is InChI=1S/C18H13FN8O5/c1-31-13-7-9(6-12(14(13)28)27(29)30)8-20-24-16-15(21-11-5-3-2-4-10(11)19)22-17-18(23-16)26-32-25-17/h2-8,28H,1H3,(H,21,22,25)(H,23,24,26)/b20-8-. The number of hydrazone groups is 1. The summed E-state index contributed by atoms with van der Waals surface area (Å²) in [5.74, 6) is -1.10. The third-order valence-electron chi connectivity index (χ3n) is 4.12. The minimum Gasteiger partial charge on any atom is -0.500 e. The normalized spacial score (nSPS) is 11.1. The number of hydrogen-bond donors (Lipinski definition) is 3. The van der Waals surface area contributed by atoms with Crippen molar-refractivity contribution in [2.75, 3.05) is 17.9 Å². The molecule has 4 aromatic rings. The van der Waals surface area contributed by atoms with E-state index in [2.05, 4.69) is 40.8 Å². The van der Waals surface area contributed by atoms with E-state index in [0.717, 1.165) is 6.07 Å². The number of aromatic nitrogens is 4. The zero-order valence-electron chi connectivity index (χ0n) is 16.2. The van der Waals surface area contributed by atoms with E-state index in [1.54, 1.807) is 6.07 Å². The van der Waals surface area contributed by atoms with Crippen molar-refractivity contribution < 1.29 is 23.8 Å². The first-order valence-electron chi connectivity index (χ1n) is 8.82. The van der Waals surface area contributed by atoms with Gasteiger partial charge < -0.3 is 15.2 Å². The quantitative estimate of drug-likeness (QED) is 0.219. The summed E-state index contributed by atoms with van der Waals surface area (Å²) in [6, 6.07) is 8.39. The predicted octanol–water partition coefficient (Wildman–Crippen LogP) is 2.96. The number of hydrogen-bond acceptors (Lipinski definition) is 12. The van der Waals surface area contributed by atoms with Crippen molar-refractivity contribution in [2.24, 2.45) is 5.10 Å². The van der Waals surface area contributed by atoms with Gasteiger partial charge >= 0.3 is 5.69 Å². The van der Waals surface area contributed by atoms with Crippen LogP contribution in [0.5, 0.6) is 11.5 Å². The minimum absolute atomic E-state index is 0.0490. The minimum atomic E-state index is -0.754. The van der Waals surface area contributed by atoms with E-state index >= 15 is 0 Å². The van der Waals surface area contributed by atoms with Crippen LogP contribution in [0.4, 0.5) is 27.4 Å². The number of methoxy groups -OCH3 is 1. The van der Waals surface area contributed by atoms with E-state index in [1.165, 1.54) is 37.6 Å². The number of benzene rings is 2. The van der Waals surface area contributed by atoms with Crippen LogP contribution >= 0.6 is 0 Å². The highest BCUT2D eigenvalue weighted by Gasteiger charge is 2.19. The molecule has 0 amide bonds. The Kier molecular flexibility index (Phi) is 5.40. The van der Waals surface area contributed by atoms with Crippen molar-refractivity contribution in [3.63, 3.8) is 0 Å². The molecule has 32 heavy (non-hydrogen) atoms. The Morgan fingerprint density at radius 2 is 1.94 bits per heavy atom. The van der Waals surface area contributed by atoms with Crippen molar-refractivity contribution in [3.8, 4) is 11.5 Å². The molecule has 0 spiro atoms. The number of nitro groups is 1. The lowest BCUT2D eigenvalue weighted by molar-refractivity contribution is -0.386. The molecule has 0 saturated carbocycles. The number of anilines is 3. The van der Waals surface area contributed by atoms with Gasteiger partial charge in [-0.3, -0.25) is 15.5 Å². The van der Waals surface area contributed by atoms with Crippen LogP contribution in [0, 0.1) is 15.9 Å². The smallest absolute Gasteiger partial charge is 0.315 e. The molecule has 2 aromatic carbocycles. The van der Waals surface area contributed by atoms with Gasteiger partial charge in [0.2, 0.25) is 17.0 Å². The number of halogens is 1. The summed E-state index contributed by atoms with van der Waals surface area (Å²) in [6.07, 6.45) is 1.23. The number of rotatable bonds is 7. The highest BCUT2D eigenvalue weighted by molar-refractivity contribution is 5.84. The van der Waals surface area contributed by atoms with E-state index in [1.807, 2.05) is 0 Å². The first-order chi connectivity index (χ1) is 15.5. The van der Waals surface area contributed by atoms with Crippen LogP contribution in [-0.4, -0.2) is 43.6 Å². The largest absolute Gasteiger partial charge is 0.500 e. The molecular formula is C18H13FN8O5. The first-order valence-corrected chi connectivity index (χ1v) is 8.82. The molecule has 0 aliphatic carbocycles. The number of nitrogens with zero attached hydrogens (tertiary/aromatic N) is 6. The molecule has 0 saturated heterocycles. The number of aromatic hydroxyl groups is 1. The van der Waals surface area contributed by atoms with Gasteiger partial charge in [-0.15, -0.1) is 0 Å². The van der Waals surface area contributed by atoms with Crippen molar-refractivity contribution in [3.05, 3.63) is 57.9 Å². The van der Waals surface area contributed by atoms with Crippen LogP contribution in [-0.2, 0) is 0 Å². The van der Waals surface area contributed by atoms with Gasteiger partial charge in [0.15, 0.2) is 17.4 Å². The molecule has 14 heteroatoms. The summed E-state index contributed by atoms with van der Waals surface area (Å²) in [5, 5.41) is 35.0. The number of para-hydroxylation sites is 1. The second-order valence-electron chi connectivity index (χ2n) is 6.16. The number of fused-ring (bicyclic) bond motifs is 1. The Morgan fingerprint density at radius 3 is 2.62 bits per heavy atom. The van der Waals surface area contributed by atoms with Crippen molar-refractivity contribution in [1.82, 2.24) is 20.3 Å². The first kappa shape index (κ1) is 20.4. The molecule has 0 bridgehead atoms. The Hall–Kier alpha value is -4.88. The molecule has 0 radical (unpaired) electrons. The molecule has 162 valence electrons. The topological polar surface area (TPSA) is 174 Å². The second kappa shape index (κ2) is 8.47. The van der Waals surface area contributed by atoms with E-state index in [9.17, 15) is 19.6 Å². The van der Waals surface area contributed by atoms with Crippen LogP contribution in [0.3, 0.4) is 0 Å². The fourth-order valence-corrected chi connectivity index (χ4v) is 2.64. The van der Waals surface area contributed by atoms with Crippen LogP contribution in [0.25, 0.3) is 11.3 Å². The molecule has 0 aliphatic heterocycles. The average Bonchev–Trinajstić information content (AvgIpc) is 3.23. The number of nitrogens with one attached hydrogen (secondary N) is 2. The molecule has 0 aliphatic rings. The van der Waals surface area contributed by atoms with Gasteiger partial charge in [-0.2, -0.15) is 10.1 Å². The third-order valence-corrected chi connectivity index (χ3v) is 4.12. The molecule has 2 heterocycles. The second-order valence-corrected chi connectivity index (χ2v) is 6.16. The van der Waals surface area contributed by atoms with Gasteiger partial charge in [0.1, 0.15) is 5.82 Å². The van der Waals surface area contributed by atoms with Crippen LogP contribution in [0.1, 0.15) is 5.56 Å². The van der Waals surface area contributed by atoms with Gasteiger partial charge in [0, 0.05) is 11.6 Å². The number of ether oxygens (including phenoxy) is 1. The Balaban J connectivity index is 1.66. The number of phenols is 1. The lowest BCUT2D eigenvalue weighted by Crippen LogP contribution is -2.04. The SMILES string of the molecule is COc1cc(/C=N\Nc2nc3nonc3nc2Nc2ccccc2F)cc([N+](=O)[O-])c1O. The molecule has 2 aromatic heterocycles. The molecule has 0 fully saturated rings. The van der Waals surface area contributed by atoms with Gasteiger partial charge in [0.05, 0.1) is 23.9 Å². The van der Waals surface area contributed by atoms with Crippen molar-refractivity contribution in [2.45, 2.75) is 0 Å². The average molecular weight is 440 g/mol. The molecule has 0 atom stereocenters. The molecule has 3 N–H and O–H groups in total. The van der Waals surface area contributed by atoms with E-state index in [4.69, 9.17) is 4.74 Å². The van der Waals surface area contributed by atoms with E-state index in [-0.39, 0.29) is 39.9 Å². The summed E-state index contributed by atoms with van der Waals surface area (Å²) in [5.41, 5.74) is 2.59. The summed E-state index contributed by atoms with van der Waals surface area (Å²) in [7, 11) is 1.26. The highest BCUT2D eigenvalue weighted by Crippen LogP contribution is 2.36. The van der Waals surface area contributed by atoms with E-state index < -0.39 is 22.2 Å². The zero-order valence-corrected chi connectivity index (χ0v) is 16.2. The molecule has 13 nitrogen and oxygen atoms in total. The van der Waals surface area contributed by atoms with Gasteiger partial charge in [-0.1, -0.05) is 12.1 Å². The number of nitro benzene ring substituents is 1. The third kappa shape index (κ3) is 4.04. The highest BCUT2D eigenvalue weighted by atomic mass is 19.1. The zero-order chi connectivity index (χ0) is 22.7. The lowest BCUT2D eigenvalue weighted by Gasteiger charge is -2.10. The molecular weight excluding hydrogens is 427 g/mol. The molecule has 4 rings (SSSR count). The maximum Gasteiger partial charge on any atom is 0.315 e. The van der Waals surface area contributed by atoms with Crippen molar-refractivity contribution >= 4 is 40.5 Å². The van der Waals surface area contributed by atoms with Gasteiger partial charge in [0.25, 0.3) is 0 Å². The lowest BCUT2D eigenvalue weighted by atomic mass is 10.2. The Bertz CT molecular complexity index is 1340. The van der Waals surface area contributed by atoms with Gasteiger partial charge in [-0.25, -0.2) is 14.0 Å². The maximum absolute atomic E-state index is 14.0. The fraction of sp³-hybridized carbons (Fsp3) is 0.0556. The Morgan fingerprint density at radius 1 is 1.22 bits per heavy atom. The predicted molar refractivity (Wildman–Crippen MR) is 110 cm³/mol. The molecule has 0 unspecified atom stereocenters. The summed E-state index contributed by atoms with van der Waals surface area (Å²) >= 11 is 0. The fourth-order valence-electron chi connectivity index (χ4n) is 2.64. The van der Waals surface area contributed by atoms with E-state index in [0.29, 0.717) is 0 Å². The van der Waals surface area contributed by atoms with Gasteiger partial charge in [-0.05, 0) is 28.5 Å². The monoisotopic (exact) mass is 440 g/mol. The van der Waals surface area contributed by atoms with Crippen LogP contribution < -0.4 is 15.5 Å².